The molecule has 1 aliphatic heterocycles. The number of aliphatic carboxylic acids is 1. The molecule has 1 fully saturated rings. The third kappa shape index (κ3) is 7.57. The van der Waals surface area contributed by atoms with Gasteiger partial charge in [0.1, 0.15) is 6.54 Å². The molecule has 154 valence electrons. The number of thioether (sulfide) groups is 1. The van der Waals surface area contributed by atoms with Crippen LogP contribution >= 0.6 is 11.8 Å². The second-order valence-corrected chi connectivity index (χ2v) is 7.61. The van der Waals surface area contributed by atoms with E-state index in [9.17, 15) is 19.2 Å². The van der Waals surface area contributed by atoms with Crippen LogP contribution in [0.1, 0.15) is 38.2 Å². The number of allylic oxidation sites excluding steroid dienone is 2. The van der Waals surface area contributed by atoms with Gasteiger partial charge in [-0.25, -0.2) is 0 Å². The summed E-state index contributed by atoms with van der Waals surface area (Å²) < 4.78 is 0. The normalized spacial score (nSPS) is 15.8. The van der Waals surface area contributed by atoms with Crippen molar-refractivity contribution in [3.8, 4) is 0 Å². The Morgan fingerprint density at radius 3 is 2.55 bits per heavy atom. The van der Waals surface area contributed by atoms with E-state index in [1.807, 2.05) is 43.3 Å². The van der Waals surface area contributed by atoms with E-state index in [1.165, 1.54) is 0 Å². The van der Waals surface area contributed by atoms with E-state index in [0.29, 0.717) is 30.7 Å². The summed E-state index contributed by atoms with van der Waals surface area (Å²) in [5.74, 6) is -1.73. The van der Waals surface area contributed by atoms with Gasteiger partial charge in [0.25, 0.3) is 11.1 Å². The van der Waals surface area contributed by atoms with E-state index in [2.05, 4.69) is 5.32 Å². The lowest BCUT2D eigenvalue weighted by molar-refractivity contribution is -0.137. The van der Waals surface area contributed by atoms with Crippen LogP contribution < -0.4 is 5.32 Å². The van der Waals surface area contributed by atoms with E-state index in [0.717, 1.165) is 27.8 Å². The molecule has 0 bridgehead atoms. The van der Waals surface area contributed by atoms with Crippen molar-refractivity contribution in [2.24, 2.45) is 0 Å². The molecule has 1 aromatic rings. The lowest BCUT2D eigenvalue weighted by Gasteiger charge is -2.12. The molecule has 0 aliphatic carbocycles. The minimum atomic E-state index is -0.838. The van der Waals surface area contributed by atoms with E-state index < -0.39 is 23.0 Å². The van der Waals surface area contributed by atoms with Gasteiger partial charge in [-0.3, -0.25) is 24.1 Å². The van der Waals surface area contributed by atoms with Gasteiger partial charge in [0.15, 0.2) is 0 Å². The van der Waals surface area contributed by atoms with Crippen LogP contribution in [-0.2, 0) is 14.4 Å². The predicted molar refractivity (Wildman–Crippen MR) is 112 cm³/mol. The highest BCUT2D eigenvalue weighted by atomic mass is 32.2. The number of rotatable bonds is 10. The highest BCUT2D eigenvalue weighted by Gasteiger charge is 2.36. The third-order valence-corrected chi connectivity index (χ3v) is 5.02. The van der Waals surface area contributed by atoms with Crippen LogP contribution in [0.4, 0.5) is 4.79 Å². The number of hydrogen-bond donors (Lipinski definition) is 2. The number of carboxylic acid groups (broad SMARTS) is 1. The molecule has 2 rings (SSSR count). The fourth-order valence-corrected chi connectivity index (χ4v) is 3.59. The highest BCUT2D eigenvalue weighted by Crippen LogP contribution is 2.31. The second kappa shape index (κ2) is 11.2. The van der Waals surface area contributed by atoms with Crippen molar-refractivity contribution in [2.75, 3.05) is 13.1 Å². The zero-order valence-electron chi connectivity index (χ0n) is 16.2. The molecule has 1 heterocycles. The molecule has 0 saturated carbocycles. The highest BCUT2D eigenvalue weighted by molar-refractivity contribution is 8.18. The molecule has 0 radical (unpaired) electrons. The van der Waals surface area contributed by atoms with Gasteiger partial charge >= 0.3 is 5.97 Å². The Bertz CT molecular complexity index is 833. The number of carbonyl (C=O) groups excluding carboxylic acids is 3. The first-order valence-corrected chi connectivity index (χ1v) is 10.2. The van der Waals surface area contributed by atoms with Gasteiger partial charge < -0.3 is 10.4 Å². The third-order valence-electron chi connectivity index (χ3n) is 4.12. The summed E-state index contributed by atoms with van der Waals surface area (Å²) in [4.78, 5) is 48.3. The number of hydrogen-bond acceptors (Lipinski definition) is 5. The summed E-state index contributed by atoms with van der Waals surface area (Å²) in [5, 5.41) is 10.8. The number of nitrogens with one attached hydrogen (secondary N) is 1. The molecule has 3 amide bonds. The van der Waals surface area contributed by atoms with Crippen molar-refractivity contribution in [2.45, 2.75) is 32.6 Å². The van der Waals surface area contributed by atoms with Gasteiger partial charge in [-0.2, -0.15) is 0 Å². The lowest BCUT2D eigenvalue weighted by Crippen LogP contribution is -2.39. The van der Waals surface area contributed by atoms with E-state index >= 15 is 0 Å². The lowest BCUT2D eigenvalue weighted by atomic mass is 10.1. The molecule has 8 heteroatoms. The van der Waals surface area contributed by atoms with E-state index in [4.69, 9.17) is 5.11 Å². The molecule has 0 spiro atoms. The number of unbranched alkanes of at least 4 members (excludes halogenated alkanes) is 2. The van der Waals surface area contributed by atoms with E-state index in [1.54, 1.807) is 6.08 Å². The zero-order chi connectivity index (χ0) is 21.2. The Hall–Kier alpha value is -2.87. The van der Waals surface area contributed by atoms with Crippen LogP contribution in [0.25, 0.3) is 6.08 Å². The predicted octanol–water partition coefficient (Wildman–Crippen LogP) is 3.43. The Morgan fingerprint density at radius 1 is 1.14 bits per heavy atom. The van der Waals surface area contributed by atoms with Gasteiger partial charge in [0, 0.05) is 13.0 Å². The summed E-state index contributed by atoms with van der Waals surface area (Å²) in [6.45, 7) is 1.90. The average Bonchev–Trinajstić information content (AvgIpc) is 2.92. The molecule has 1 aliphatic rings. The fourth-order valence-electron chi connectivity index (χ4n) is 2.70. The summed E-state index contributed by atoms with van der Waals surface area (Å²) in [5.41, 5.74) is 1.82. The molecular weight excluding hydrogens is 392 g/mol. The van der Waals surface area contributed by atoms with Crippen LogP contribution in [0.5, 0.6) is 0 Å². The molecule has 0 aromatic heterocycles. The molecule has 2 N–H and O–H groups in total. The van der Waals surface area contributed by atoms with Crippen molar-refractivity contribution in [1.29, 1.82) is 0 Å². The number of benzene rings is 1. The minimum Gasteiger partial charge on any atom is -0.481 e. The summed E-state index contributed by atoms with van der Waals surface area (Å²) in [6.07, 6.45) is 5.54. The Kier molecular flexibility index (Phi) is 8.67. The largest absolute Gasteiger partial charge is 0.481 e. The van der Waals surface area contributed by atoms with Gasteiger partial charge in [0.2, 0.25) is 5.91 Å². The Morgan fingerprint density at radius 2 is 1.86 bits per heavy atom. The maximum atomic E-state index is 12.5. The van der Waals surface area contributed by atoms with Crippen LogP contribution in [-0.4, -0.2) is 46.1 Å². The number of carbonyl (C=O) groups is 4. The van der Waals surface area contributed by atoms with Crippen molar-refractivity contribution in [3.63, 3.8) is 0 Å². The molecule has 0 atom stereocenters. The topological polar surface area (TPSA) is 104 Å². The fraction of sp³-hybridized carbons (Fsp3) is 0.333. The molecule has 0 unspecified atom stereocenters. The maximum absolute atomic E-state index is 12.5. The molecule has 29 heavy (non-hydrogen) atoms. The molecule has 1 saturated heterocycles. The standard InChI is InChI=1S/C21H24N2O5S/c1-15(12-16-8-4-2-5-9-16)13-17-20(27)23(21(28)29-17)14-18(24)22-11-7-3-6-10-19(25)26/h2,4-5,8-9,12-13H,3,6-7,10-11,14H2,1H3,(H,22,24)(H,25,26)/b15-12+,17-13-. The smallest absolute Gasteiger partial charge is 0.303 e. The Balaban J connectivity index is 1.84. The van der Waals surface area contributed by atoms with Gasteiger partial charge in [-0.05, 0) is 48.7 Å². The van der Waals surface area contributed by atoms with Crippen molar-refractivity contribution in [1.82, 2.24) is 10.2 Å². The van der Waals surface area contributed by atoms with Gasteiger partial charge in [-0.1, -0.05) is 42.8 Å². The van der Waals surface area contributed by atoms with Crippen molar-refractivity contribution < 1.29 is 24.3 Å². The first kappa shape index (κ1) is 22.4. The number of imide groups is 1. The van der Waals surface area contributed by atoms with Gasteiger partial charge in [0.05, 0.1) is 4.91 Å². The number of amides is 3. The number of carboxylic acids is 1. The van der Waals surface area contributed by atoms with Crippen molar-refractivity contribution >= 4 is 40.9 Å². The number of nitrogens with zero attached hydrogens (tertiary/aromatic N) is 1. The average molecular weight is 416 g/mol. The van der Waals surface area contributed by atoms with E-state index in [-0.39, 0.29) is 13.0 Å². The van der Waals surface area contributed by atoms with Crippen LogP contribution in [0, 0.1) is 0 Å². The van der Waals surface area contributed by atoms with Crippen LogP contribution in [0.2, 0.25) is 0 Å². The summed E-state index contributed by atoms with van der Waals surface area (Å²) in [7, 11) is 0. The van der Waals surface area contributed by atoms with Crippen molar-refractivity contribution in [3.05, 3.63) is 52.4 Å². The van der Waals surface area contributed by atoms with Crippen LogP contribution in [0.3, 0.4) is 0 Å². The van der Waals surface area contributed by atoms with Gasteiger partial charge in [-0.15, -0.1) is 0 Å². The molecule has 7 nitrogen and oxygen atoms in total. The van der Waals surface area contributed by atoms with Crippen LogP contribution in [0.15, 0.2) is 46.9 Å². The first-order chi connectivity index (χ1) is 13.9. The summed E-state index contributed by atoms with van der Waals surface area (Å²) >= 11 is 0.822. The maximum Gasteiger partial charge on any atom is 0.303 e. The second-order valence-electron chi connectivity index (χ2n) is 6.62. The summed E-state index contributed by atoms with van der Waals surface area (Å²) in [6, 6.07) is 9.62. The monoisotopic (exact) mass is 416 g/mol. The molecule has 1 aromatic carbocycles. The SMILES string of the molecule is CC(/C=C1\SC(=O)N(CC(=O)NCCCCCC(=O)O)C1=O)=C\c1ccccc1. The molecular formula is C21H24N2O5S. The minimum absolute atomic E-state index is 0.106. The zero-order valence-corrected chi connectivity index (χ0v) is 17.0. The quantitative estimate of drug-likeness (QED) is 0.447. The Labute approximate surface area is 173 Å². The first-order valence-electron chi connectivity index (χ1n) is 9.34.